The number of allylic oxidation sites excluding steroid dienone is 5. The van der Waals surface area contributed by atoms with Gasteiger partial charge in [0, 0.05) is 92.5 Å². The number of nitrogens with one attached hydrogen (secondary N) is 5. The normalized spacial score (nSPS) is 15.7. The molecule has 11 rings (SSSR count). The predicted molar refractivity (Wildman–Crippen MR) is 289 cm³/mol. The smallest absolute Gasteiger partial charge is 0.159 e. The molecule has 362 valence electrons. The Hall–Kier alpha value is -7.95. The Morgan fingerprint density at radius 3 is 1.82 bits per heavy atom. The fourth-order valence-corrected chi connectivity index (χ4v) is 9.32. The van der Waals surface area contributed by atoms with Crippen molar-refractivity contribution < 1.29 is 0 Å². The van der Waals surface area contributed by atoms with Gasteiger partial charge in [-0.1, -0.05) is 45.2 Å². The predicted octanol–water partition coefficient (Wildman–Crippen LogP) is 9.50. The Morgan fingerprint density at radius 1 is 0.718 bits per heavy atom. The van der Waals surface area contributed by atoms with E-state index in [0.29, 0.717) is 5.92 Å². The first kappa shape index (κ1) is 46.8. The molecular weight excluding hydrogens is 885 g/mol. The highest BCUT2D eigenvalue weighted by molar-refractivity contribution is 5.99. The van der Waals surface area contributed by atoms with Gasteiger partial charge in [0.05, 0.1) is 58.2 Å². The molecule has 7 aromatic heterocycles. The second-order valence-corrected chi connectivity index (χ2v) is 18.7. The van der Waals surface area contributed by atoms with E-state index in [2.05, 4.69) is 167 Å². The van der Waals surface area contributed by atoms with E-state index in [1.807, 2.05) is 56.2 Å². The molecule has 2 aliphatic rings. The monoisotopic (exact) mass is 947 g/mol. The Balaban J connectivity index is 0.000000167. The number of likely N-dealkylation sites (N-methyl/N-ethyl adjacent to an activating group) is 2. The highest BCUT2D eigenvalue weighted by atomic mass is 15.3. The van der Waals surface area contributed by atoms with Gasteiger partial charge in [-0.05, 0) is 105 Å². The average Bonchev–Trinajstić information content (AvgIpc) is 4.22. The van der Waals surface area contributed by atoms with Crippen LogP contribution in [0.5, 0.6) is 0 Å². The molecule has 2 aliphatic heterocycles. The molecule has 5 N–H and O–H groups in total. The summed E-state index contributed by atoms with van der Waals surface area (Å²) in [6.07, 6.45) is 18.3. The van der Waals surface area contributed by atoms with Crippen molar-refractivity contribution in [3.63, 3.8) is 0 Å². The third-order valence-electron chi connectivity index (χ3n) is 14.0. The first-order chi connectivity index (χ1) is 34.6. The lowest BCUT2D eigenvalue weighted by atomic mass is 10.0. The van der Waals surface area contributed by atoms with Crippen molar-refractivity contribution in [1.82, 2.24) is 70.4 Å². The molecule has 2 saturated heterocycles. The number of anilines is 2. The number of fused-ring (bicyclic) bond motifs is 4. The fourth-order valence-electron chi connectivity index (χ4n) is 9.32. The van der Waals surface area contributed by atoms with Crippen LogP contribution in [0.4, 0.5) is 11.4 Å². The first-order valence-electron chi connectivity index (χ1n) is 24.5. The van der Waals surface area contributed by atoms with Crippen molar-refractivity contribution in [1.29, 1.82) is 0 Å². The number of aromatic nitrogens is 11. The van der Waals surface area contributed by atoms with Gasteiger partial charge in [-0.2, -0.15) is 10.2 Å². The highest BCUT2D eigenvalue weighted by Crippen LogP contribution is 2.35. The molecular formula is C55H62N16. The van der Waals surface area contributed by atoms with Gasteiger partial charge in [0.25, 0.3) is 0 Å². The van der Waals surface area contributed by atoms with Gasteiger partial charge in [0.2, 0.25) is 0 Å². The zero-order chi connectivity index (χ0) is 49.2. The molecule has 9 aromatic rings. The molecule has 0 spiro atoms. The van der Waals surface area contributed by atoms with E-state index in [9.17, 15) is 0 Å². The second-order valence-electron chi connectivity index (χ2n) is 18.7. The quantitative estimate of drug-likeness (QED) is 0.0734. The van der Waals surface area contributed by atoms with Crippen LogP contribution < -0.4 is 15.1 Å². The molecule has 0 aliphatic carbocycles. The van der Waals surface area contributed by atoms with Crippen molar-refractivity contribution in [2.45, 2.75) is 34.1 Å². The van der Waals surface area contributed by atoms with E-state index in [4.69, 9.17) is 9.97 Å². The minimum atomic E-state index is 0.378. The Kier molecular flexibility index (Phi) is 13.3. The summed E-state index contributed by atoms with van der Waals surface area (Å²) in [5.74, 6) is 1.85. The minimum Gasteiger partial charge on any atom is -0.366 e. The summed E-state index contributed by atoms with van der Waals surface area (Å²) in [6, 6.07) is 14.7. The number of piperazine rings is 2. The van der Waals surface area contributed by atoms with E-state index in [0.717, 1.165) is 171 Å². The third kappa shape index (κ3) is 9.55. The van der Waals surface area contributed by atoms with Crippen LogP contribution in [-0.2, 0) is 0 Å². The minimum absolute atomic E-state index is 0.378. The van der Waals surface area contributed by atoms with Gasteiger partial charge in [-0.3, -0.25) is 25.1 Å². The number of aryl methyl sites for hydroxylation is 1. The van der Waals surface area contributed by atoms with Crippen LogP contribution in [0.15, 0.2) is 122 Å². The molecule has 1 unspecified atom stereocenters. The number of rotatable bonds is 12. The summed E-state index contributed by atoms with van der Waals surface area (Å²) in [5, 5.41) is 21.0. The SMILES string of the molecule is C=C/C(=C\C(=C/C)c1ccc2[nH]nc(-c3nc4c(N5CCN(C)CC5)cncc4[nH]3)c2c1)NC(=C)C(C)CC.Cc1ccncc1-c1ccc2[nH]nc(-c3nc4c(N5CCN(C)CC5)cncc4[nH]3)c2c1. The van der Waals surface area contributed by atoms with E-state index in [1.54, 1.807) is 0 Å². The number of benzene rings is 2. The number of aromatic amines is 4. The van der Waals surface area contributed by atoms with Crippen molar-refractivity contribution >= 4 is 60.8 Å². The van der Waals surface area contributed by atoms with Crippen LogP contribution in [0.2, 0.25) is 0 Å². The number of pyridine rings is 3. The van der Waals surface area contributed by atoms with Gasteiger partial charge in [0.15, 0.2) is 11.6 Å². The maximum Gasteiger partial charge on any atom is 0.159 e. The van der Waals surface area contributed by atoms with Crippen LogP contribution in [0.25, 0.3) is 83.6 Å². The standard InChI is InChI=1S/C31H38N8.C24H24N8/c1-7-20(4)21(5)33-24(9-3)16-22(8-2)23-10-11-26-25(17-23)29(37-36-26)31-34-27-18-32-19-28(30(27)35-31)39-14-12-38(6)13-15-39;1-15-5-6-25-12-18(15)16-3-4-19-17(11-16)22(30-29-19)24-27-20-13-26-14-21(23(20)28-24)32-9-7-31(2)8-10-32/h8-11,16-20,33H,3,5,7,12-15H2,1-2,4,6H3,(H,34,35)(H,36,37);3-6,11-14H,7-10H2,1-2H3,(H,27,28)(H,29,30)/b22-8+,24-16+;. The number of H-pyrrole nitrogens is 4. The molecule has 0 radical (unpaired) electrons. The molecule has 0 saturated carbocycles. The summed E-state index contributed by atoms with van der Waals surface area (Å²) < 4.78 is 0. The van der Waals surface area contributed by atoms with Crippen LogP contribution in [0, 0.1) is 12.8 Å². The lowest BCUT2D eigenvalue weighted by Gasteiger charge is -2.33. The Morgan fingerprint density at radius 2 is 1.28 bits per heavy atom. The lowest BCUT2D eigenvalue weighted by molar-refractivity contribution is 0.313. The fraction of sp³-hybridized carbons (Fsp3) is 0.291. The number of imidazole rings is 2. The molecule has 0 amide bonds. The third-order valence-corrected chi connectivity index (χ3v) is 14.0. The second kappa shape index (κ2) is 20.2. The Labute approximate surface area is 413 Å². The lowest BCUT2D eigenvalue weighted by Crippen LogP contribution is -2.44. The zero-order valence-electron chi connectivity index (χ0n) is 41.5. The summed E-state index contributed by atoms with van der Waals surface area (Å²) in [4.78, 5) is 39.6. The Bertz CT molecular complexity index is 3440. The first-order valence-corrected chi connectivity index (χ1v) is 24.5. The van der Waals surface area contributed by atoms with Crippen LogP contribution in [-0.4, -0.2) is 132 Å². The van der Waals surface area contributed by atoms with Crippen molar-refractivity contribution in [3.05, 3.63) is 134 Å². The van der Waals surface area contributed by atoms with E-state index in [1.165, 1.54) is 5.56 Å². The maximum absolute atomic E-state index is 5.02. The number of nitrogens with zero attached hydrogens (tertiary/aromatic N) is 11. The summed E-state index contributed by atoms with van der Waals surface area (Å²) in [6.45, 7) is 24.7. The van der Waals surface area contributed by atoms with Gasteiger partial charge in [-0.25, -0.2) is 9.97 Å². The summed E-state index contributed by atoms with van der Waals surface area (Å²) >= 11 is 0. The topological polar surface area (TPSA) is 178 Å². The summed E-state index contributed by atoms with van der Waals surface area (Å²) in [5.41, 5.74) is 16.9. The van der Waals surface area contributed by atoms with Crippen molar-refractivity contribution in [2.24, 2.45) is 5.92 Å². The number of hydrogen-bond donors (Lipinski definition) is 5. The van der Waals surface area contributed by atoms with Gasteiger partial charge < -0.3 is 34.9 Å². The average molecular weight is 947 g/mol. The van der Waals surface area contributed by atoms with E-state index >= 15 is 0 Å². The molecule has 71 heavy (non-hydrogen) atoms. The number of hydrogen-bond acceptors (Lipinski definition) is 12. The van der Waals surface area contributed by atoms with Crippen molar-refractivity contribution in [2.75, 3.05) is 76.3 Å². The van der Waals surface area contributed by atoms with Crippen molar-refractivity contribution in [3.8, 4) is 34.2 Å². The van der Waals surface area contributed by atoms with Crippen LogP contribution in [0.3, 0.4) is 0 Å². The summed E-state index contributed by atoms with van der Waals surface area (Å²) in [7, 11) is 4.32. The van der Waals surface area contributed by atoms with Crippen LogP contribution >= 0.6 is 0 Å². The molecule has 2 aromatic carbocycles. The highest BCUT2D eigenvalue weighted by Gasteiger charge is 2.23. The van der Waals surface area contributed by atoms with Gasteiger partial charge >= 0.3 is 0 Å². The molecule has 2 fully saturated rings. The zero-order valence-corrected chi connectivity index (χ0v) is 41.5. The largest absolute Gasteiger partial charge is 0.366 e. The van der Waals surface area contributed by atoms with Gasteiger partial charge in [0.1, 0.15) is 22.4 Å². The molecule has 1 atom stereocenters. The molecule has 0 bridgehead atoms. The molecule has 9 heterocycles. The van der Waals surface area contributed by atoms with E-state index in [-0.39, 0.29) is 0 Å². The molecule has 16 nitrogen and oxygen atoms in total. The maximum atomic E-state index is 5.02. The molecule has 16 heteroatoms. The van der Waals surface area contributed by atoms with Gasteiger partial charge in [-0.15, -0.1) is 0 Å². The van der Waals surface area contributed by atoms with Crippen LogP contribution in [0.1, 0.15) is 38.3 Å². The van der Waals surface area contributed by atoms with E-state index < -0.39 is 0 Å².